The van der Waals surface area contributed by atoms with Gasteiger partial charge in [-0.15, -0.1) is 0 Å². The number of likely N-dealkylation sites (N-methyl/N-ethyl adjacent to an activating group) is 1. The number of sulfonamides is 1. The lowest BCUT2D eigenvalue weighted by atomic mass is 9.89. The highest BCUT2D eigenvalue weighted by molar-refractivity contribution is 7.91. The van der Waals surface area contributed by atoms with Crippen LogP contribution < -0.4 is 0 Å². The lowest BCUT2D eigenvalue weighted by Gasteiger charge is -2.30. The Labute approximate surface area is 168 Å². The van der Waals surface area contributed by atoms with Crippen LogP contribution in [0, 0.1) is 5.92 Å². The fourth-order valence-electron chi connectivity index (χ4n) is 3.33. The minimum Gasteiger partial charge on any atom is -0.308 e. The van der Waals surface area contributed by atoms with Crippen molar-refractivity contribution in [1.82, 2.24) is 9.21 Å². The van der Waals surface area contributed by atoms with Crippen molar-refractivity contribution in [1.29, 1.82) is 0 Å². The molecule has 0 amide bonds. The fraction of sp³-hybridized carbons (Fsp3) is 0.667. The lowest BCUT2D eigenvalue weighted by molar-refractivity contribution is 0.261. The zero-order valence-corrected chi connectivity index (χ0v) is 18.6. The third-order valence-electron chi connectivity index (χ3n) is 4.93. The summed E-state index contributed by atoms with van der Waals surface area (Å²) in [6, 6.07) is 3.86. The Kier molecular flexibility index (Phi) is 7.72. The summed E-state index contributed by atoms with van der Waals surface area (Å²) in [6.07, 6.45) is 6.53. The van der Waals surface area contributed by atoms with Crippen molar-refractivity contribution in [2.75, 3.05) is 40.0 Å². The van der Waals surface area contributed by atoms with E-state index in [0.717, 1.165) is 31.9 Å². The van der Waals surface area contributed by atoms with Gasteiger partial charge in [0, 0.05) is 25.9 Å². The van der Waals surface area contributed by atoms with E-state index in [0.29, 0.717) is 25.6 Å². The van der Waals surface area contributed by atoms with Crippen molar-refractivity contribution in [2.24, 2.45) is 5.92 Å². The normalized spacial score (nSPS) is 17.0. The van der Waals surface area contributed by atoms with Crippen LogP contribution in [0.5, 0.6) is 0 Å². The maximum atomic E-state index is 13.3. The van der Waals surface area contributed by atoms with Gasteiger partial charge in [0.05, 0.1) is 9.92 Å². The van der Waals surface area contributed by atoms with Crippen molar-refractivity contribution in [3.8, 4) is 0 Å². The second-order valence-electron chi connectivity index (χ2n) is 7.53. The van der Waals surface area contributed by atoms with Gasteiger partial charge in [-0.1, -0.05) is 30.9 Å². The van der Waals surface area contributed by atoms with Crippen LogP contribution in [0.25, 0.3) is 0 Å². The topological polar surface area (TPSA) is 74.8 Å². The molecule has 0 heterocycles. The molecular weight excluding hydrogens is 408 g/mol. The number of sulfone groups is 1. The predicted molar refractivity (Wildman–Crippen MR) is 108 cm³/mol. The summed E-state index contributed by atoms with van der Waals surface area (Å²) in [5.41, 5.74) is 0. The quantitative estimate of drug-likeness (QED) is 0.626. The molecule has 1 saturated carbocycles. The molecule has 0 N–H and O–H groups in total. The molecule has 0 atom stereocenters. The number of benzene rings is 1. The summed E-state index contributed by atoms with van der Waals surface area (Å²) in [7, 11) is -3.65. The molecule has 0 aliphatic heterocycles. The zero-order chi connectivity index (χ0) is 20.2. The van der Waals surface area contributed by atoms with E-state index in [4.69, 9.17) is 11.6 Å². The van der Waals surface area contributed by atoms with Gasteiger partial charge < -0.3 is 4.90 Å². The van der Waals surface area contributed by atoms with Gasteiger partial charge in [-0.05, 0) is 51.1 Å². The van der Waals surface area contributed by atoms with Crippen molar-refractivity contribution in [3.05, 3.63) is 23.2 Å². The molecule has 154 valence electrons. The van der Waals surface area contributed by atoms with E-state index in [1.165, 1.54) is 28.9 Å². The summed E-state index contributed by atoms with van der Waals surface area (Å²) in [5.74, 6) is 0.326. The van der Waals surface area contributed by atoms with Gasteiger partial charge in [0.1, 0.15) is 4.90 Å². The minimum atomic E-state index is -3.90. The number of halogens is 1. The molecule has 27 heavy (non-hydrogen) atoms. The summed E-state index contributed by atoms with van der Waals surface area (Å²) < 4.78 is 51.9. The molecule has 0 unspecified atom stereocenters. The zero-order valence-electron chi connectivity index (χ0n) is 16.2. The van der Waals surface area contributed by atoms with E-state index in [9.17, 15) is 16.8 Å². The largest absolute Gasteiger partial charge is 0.308 e. The first-order valence-electron chi connectivity index (χ1n) is 9.16. The molecule has 1 aliphatic rings. The van der Waals surface area contributed by atoms with E-state index < -0.39 is 19.9 Å². The van der Waals surface area contributed by atoms with Gasteiger partial charge in [-0.2, -0.15) is 4.31 Å². The summed E-state index contributed by atoms with van der Waals surface area (Å²) >= 11 is 6.17. The molecule has 6 nitrogen and oxygen atoms in total. The highest BCUT2D eigenvalue weighted by Gasteiger charge is 2.30. The van der Waals surface area contributed by atoms with Crippen molar-refractivity contribution < 1.29 is 16.8 Å². The molecule has 1 fully saturated rings. The molecular formula is C18H29ClN2O4S2. The van der Waals surface area contributed by atoms with Crippen LogP contribution in [-0.2, 0) is 19.9 Å². The molecule has 2 rings (SSSR count). The van der Waals surface area contributed by atoms with Crippen LogP contribution in [-0.4, -0.2) is 66.0 Å². The minimum absolute atomic E-state index is 0.0425. The third-order valence-corrected chi connectivity index (χ3v) is 8.39. The van der Waals surface area contributed by atoms with Gasteiger partial charge in [-0.3, -0.25) is 0 Å². The van der Waals surface area contributed by atoms with E-state index >= 15 is 0 Å². The van der Waals surface area contributed by atoms with Crippen molar-refractivity contribution in [2.45, 2.75) is 41.9 Å². The molecule has 0 aromatic heterocycles. The molecule has 1 aromatic rings. The average Bonchev–Trinajstić information content (AvgIpc) is 2.58. The Balaban J connectivity index is 2.39. The Hall–Kier alpha value is -0.670. The van der Waals surface area contributed by atoms with Gasteiger partial charge >= 0.3 is 0 Å². The van der Waals surface area contributed by atoms with Crippen LogP contribution in [0.15, 0.2) is 28.0 Å². The number of nitrogens with zero attached hydrogens (tertiary/aromatic N) is 2. The van der Waals surface area contributed by atoms with Crippen LogP contribution in [0.2, 0.25) is 5.02 Å². The Bertz CT molecular complexity index is 848. The number of hydrogen-bond donors (Lipinski definition) is 0. The highest BCUT2D eigenvalue weighted by atomic mass is 35.5. The average molecular weight is 437 g/mol. The first kappa shape index (κ1) is 22.6. The second-order valence-corrected chi connectivity index (χ2v) is 11.9. The molecule has 0 spiro atoms. The Morgan fingerprint density at radius 3 is 2.22 bits per heavy atom. The molecule has 1 aromatic carbocycles. The van der Waals surface area contributed by atoms with Crippen molar-refractivity contribution >= 4 is 31.5 Å². The monoisotopic (exact) mass is 436 g/mol. The Morgan fingerprint density at radius 1 is 1.04 bits per heavy atom. The number of hydrogen-bond acceptors (Lipinski definition) is 5. The maximum absolute atomic E-state index is 13.3. The molecule has 0 bridgehead atoms. The number of rotatable bonds is 8. The molecule has 9 heteroatoms. The maximum Gasteiger partial charge on any atom is 0.244 e. The first-order chi connectivity index (χ1) is 12.5. The highest BCUT2D eigenvalue weighted by Crippen LogP contribution is 2.30. The first-order valence-corrected chi connectivity index (χ1v) is 12.9. The summed E-state index contributed by atoms with van der Waals surface area (Å²) in [5, 5.41) is 0.0425. The van der Waals surface area contributed by atoms with Gasteiger partial charge in [0.25, 0.3) is 0 Å². The standard InChI is InChI=1S/C18H29ClN2O4S2/c1-20(2)11-12-21(14-15-7-5-4-6-8-15)27(24,25)18-13-16(26(3,22)23)9-10-17(18)19/h9-10,13,15H,4-8,11-12,14H2,1-3H3. The fourth-order valence-corrected chi connectivity index (χ4v) is 6.06. The second kappa shape index (κ2) is 9.22. The Morgan fingerprint density at radius 2 is 1.67 bits per heavy atom. The SMILES string of the molecule is CN(C)CCN(CC1CCCCC1)S(=O)(=O)c1cc(S(C)(=O)=O)ccc1Cl. The van der Waals surface area contributed by atoms with Crippen LogP contribution >= 0.6 is 11.6 Å². The van der Waals surface area contributed by atoms with E-state index in [1.807, 2.05) is 19.0 Å². The van der Waals surface area contributed by atoms with E-state index in [1.54, 1.807) is 0 Å². The summed E-state index contributed by atoms with van der Waals surface area (Å²) in [6.45, 7) is 1.36. The van der Waals surface area contributed by atoms with Gasteiger partial charge in [0.2, 0.25) is 10.0 Å². The summed E-state index contributed by atoms with van der Waals surface area (Å²) in [4.78, 5) is 1.75. The molecule has 1 aliphatic carbocycles. The molecule has 0 radical (unpaired) electrons. The van der Waals surface area contributed by atoms with Crippen LogP contribution in [0.3, 0.4) is 0 Å². The van der Waals surface area contributed by atoms with E-state index in [2.05, 4.69) is 0 Å². The van der Waals surface area contributed by atoms with E-state index in [-0.39, 0.29) is 14.8 Å². The van der Waals surface area contributed by atoms with Crippen LogP contribution in [0.4, 0.5) is 0 Å². The van der Waals surface area contributed by atoms with Crippen molar-refractivity contribution in [3.63, 3.8) is 0 Å². The lowest BCUT2D eigenvalue weighted by Crippen LogP contribution is -2.40. The third kappa shape index (κ3) is 6.15. The predicted octanol–water partition coefficient (Wildman–Crippen LogP) is 2.88. The van der Waals surface area contributed by atoms with Gasteiger partial charge in [-0.25, -0.2) is 16.8 Å². The van der Waals surface area contributed by atoms with Gasteiger partial charge in [0.15, 0.2) is 9.84 Å². The van der Waals surface area contributed by atoms with Crippen LogP contribution in [0.1, 0.15) is 32.1 Å². The molecule has 0 saturated heterocycles. The smallest absolute Gasteiger partial charge is 0.244 e.